The van der Waals surface area contributed by atoms with Crippen molar-refractivity contribution in [2.45, 2.75) is 24.8 Å². The average Bonchev–Trinajstić information content (AvgIpc) is 2.99. The van der Waals surface area contributed by atoms with Gasteiger partial charge in [-0.25, -0.2) is 17.2 Å². The highest BCUT2D eigenvalue weighted by molar-refractivity contribution is 7.90. The van der Waals surface area contributed by atoms with Crippen LogP contribution in [0, 0.1) is 10.1 Å². The first-order chi connectivity index (χ1) is 12.1. The number of esters is 1. The summed E-state index contributed by atoms with van der Waals surface area (Å²) >= 11 is 5.77. The molecule has 0 aliphatic carbocycles. The summed E-state index contributed by atoms with van der Waals surface area (Å²) in [6.45, 7) is 3.12. The van der Waals surface area contributed by atoms with Crippen LogP contribution < -0.4 is 0 Å². The maximum absolute atomic E-state index is 12.9. The van der Waals surface area contributed by atoms with Crippen molar-refractivity contribution in [1.82, 2.24) is 3.97 Å². The Hall–Kier alpha value is -2.72. The number of carbonyl (C=O) groups is 2. The van der Waals surface area contributed by atoms with Crippen LogP contribution in [0.2, 0.25) is 5.02 Å². The molecule has 2 aromatic rings. The Morgan fingerprint density at radius 1 is 1.35 bits per heavy atom. The van der Waals surface area contributed by atoms with Crippen LogP contribution >= 0.6 is 11.6 Å². The third-order valence-electron chi connectivity index (χ3n) is 3.15. The van der Waals surface area contributed by atoms with E-state index in [2.05, 4.69) is 0 Å². The number of nitrogens with zero attached hydrogens (tertiary/aromatic N) is 2. The first kappa shape index (κ1) is 19.6. The molecule has 0 fully saturated rings. The Morgan fingerprint density at radius 3 is 2.54 bits per heavy atom. The van der Waals surface area contributed by atoms with Gasteiger partial charge in [0.25, 0.3) is 15.7 Å². The van der Waals surface area contributed by atoms with Crippen LogP contribution in [0.1, 0.15) is 34.7 Å². The molecule has 0 aliphatic heterocycles. The number of nitro benzene ring substituents is 1. The van der Waals surface area contributed by atoms with Gasteiger partial charge in [-0.3, -0.25) is 14.9 Å². The van der Waals surface area contributed by atoms with Gasteiger partial charge in [-0.2, -0.15) is 0 Å². The molecule has 0 aliphatic rings. The van der Waals surface area contributed by atoms with E-state index >= 15 is 0 Å². The van der Waals surface area contributed by atoms with E-state index in [1.54, 1.807) is 13.8 Å². The topological polar surface area (TPSA) is 126 Å². The van der Waals surface area contributed by atoms with Gasteiger partial charge in [0.2, 0.25) is 0 Å². The van der Waals surface area contributed by atoms with Crippen LogP contribution in [0.4, 0.5) is 5.69 Å². The third kappa shape index (κ3) is 3.75. The second-order valence-corrected chi connectivity index (χ2v) is 7.62. The first-order valence-electron chi connectivity index (χ1n) is 7.16. The molecule has 11 heteroatoms. The van der Waals surface area contributed by atoms with E-state index in [-0.39, 0.29) is 10.6 Å². The molecule has 0 spiro atoms. The molecule has 1 heterocycles. The van der Waals surface area contributed by atoms with Gasteiger partial charge in [0, 0.05) is 22.8 Å². The lowest BCUT2D eigenvalue weighted by atomic mass is 10.3. The van der Waals surface area contributed by atoms with E-state index in [1.807, 2.05) is 0 Å². The van der Waals surface area contributed by atoms with Gasteiger partial charge in [-0.15, -0.1) is 0 Å². The summed E-state index contributed by atoms with van der Waals surface area (Å²) in [4.78, 5) is 32.8. The lowest BCUT2D eigenvalue weighted by Gasteiger charge is -2.12. The molecule has 0 unspecified atom stereocenters. The summed E-state index contributed by atoms with van der Waals surface area (Å²) in [6.07, 6.45) is 0.669. The molecule has 1 aromatic heterocycles. The molecule has 0 saturated heterocycles. The van der Waals surface area contributed by atoms with E-state index in [4.69, 9.17) is 16.3 Å². The Labute approximate surface area is 153 Å². The minimum Gasteiger partial charge on any atom is -0.458 e. The van der Waals surface area contributed by atoms with E-state index in [1.165, 1.54) is 6.07 Å². The first-order valence-corrected chi connectivity index (χ1v) is 8.97. The number of hydrogen-bond donors (Lipinski definition) is 0. The number of nitro groups is 1. The van der Waals surface area contributed by atoms with E-state index in [0.717, 1.165) is 24.4 Å². The zero-order valence-corrected chi connectivity index (χ0v) is 15.2. The molecule has 0 saturated carbocycles. The Balaban J connectivity index is 2.73. The van der Waals surface area contributed by atoms with E-state index in [9.17, 15) is 28.1 Å². The molecule has 9 nitrogen and oxygen atoms in total. The number of benzene rings is 1. The smallest absolute Gasteiger partial charge is 0.356 e. The SMILES string of the molecule is CC(C)OC(=O)c1cc(C=O)cn1S(=O)(=O)c1cc(Cl)ccc1[N+](=O)[O-]. The second kappa shape index (κ2) is 7.26. The minimum atomic E-state index is -4.61. The Bertz CT molecular complexity index is 995. The molecule has 0 bridgehead atoms. The second-order valence-electron chi connectivity index (χ2n) is 5.40. The van der Waals surface area contributed by atoms with Crippen molar-refractivity contribution >= 4 is 39.6 Å². The van der Waals surface area contributed by atoms with Crippen molar-refractivity contribution in [1.29, 1.82) is 0 Å². The zero-order valence-electron chi connectivity index (χ0n) is 13.6. The van der Waals surface area contributed by atoms with Crippen LogP contribution in [0.3, 0.4) is 0 Å². The number of halogens is 1. The molecule has 0 N–H and O–H groups in total. The summed E-state index contributed by atoms with van der Waals surface area (Å²) < 4.78 is 31.3. The van der Waals surface area contributed by atoms with Crippen LogP contribution in [0.5, 0.6) is 0 Å². The summed E-state index contributed by atoms with van der Waals surface area (Å²) in [6, 6.07) is 4.02. The number of aldehydes is 1. The van der Waals surface area contributed by atoms with Gasteiger partial charge < -0.3 is 4.74 Å². The zero-order chi connectivity index (χ0) is 19.6. The highest BCUT2D eigenvalue weighted by Crippen LogP contribution is 2.30. The fourth-order valence-corrected chi connectivity index (χ4v) is 3.88. The van der Waals surface area contributed by atoms with Crippen molar-refractivity contribution in [2.75, 3.05) is 0 Å². The highest BCUT2D eigenvalue weighted by Gasteiger charge is 2.32. The predicted octanol–water partition coefficient (Wildman–Crippen LogP) is 2.66. The van der Waals surface area contributed by atoms with Crippen LogP contribution in [0.15, 0.2) is 35.4 Å². The maximum Gasteiger partial charge on any atom is 0.356 e. The van der Waals surface area contributed by atoms with Gasteiger partial charge in [0.15, 0.2) is 11.2 Å². The van der Waals surface area contributed by atoms with Gasteiger partial charge in [-0.1, -0.05) is 11.6 Å². The van der Waals surface area contributed by atoms with Gasteiger partial charge >= 0.3 is 5.97 Å². The third-order valence-corrected chi connectivity index (χ3v) is 5.09. The largest absolute Gasteiger partial charge is 0.458 e. The van der Waals surface area contributed by atoms with Crippen molar-refractivity contribution in [3.05, 3.63) is 56.9 Å². The van der Waals surface area contributed by atoms with Gasteiger partial charge in [-0.05, 0) is 32.0 Å². The number of hydrogen-bond acceptors (Lipinski definition) is 7. The summed E-state index contributed by atoms with van der Waals surface area (Å²) in [5.41, 5.74) is -1.30. The molecule has 2 rings (SSSR count). The molecular formula is C15H13ClN2O7S. The normalized spacial score (nSPS) is 11.4. The van der Waals surface area contributed by atoms with E-state index in [0.29, 0.717) is 10.3 Å². The lowest BCUT2D eigenvalue weighted by Crippen LogP contribution is -2.21. The van der Waals surface area contributed by atoms with Crippen molar-refractivity contribution in [2.24, 2.45) is 0 Å². The maximum atomic E-state index is 12.9. The summed E-state index contributed by atoms with van der Waals surface area (Å²) in [5.74, 6) is -0.999. The lowest BCUT2D eigenvalue weighted by molar-refractivity contribution is -0.387. The predicted molar refractivity (Wildman–Crippen MR) is 91.1 cm³/mol. The quantitative estimate of drug-likeness (QED) is 0.315. The average molecular weight is 401 g/mol. The number of aromatic nitrogens is 1. The number of rotatable bonds is 6. The molecule has 1 aromatic carbocycles. The molecule has 26 heavy (non-hydrogen) atoms. The van der Waals surface area contributed by atoms with Crippen LogP contribution in [-0.2, 0) is 14.8 Å². The molecule has 0 amide bonds. The van der Waals surface area contributed by atoms with Crippen molar-refractivity contribution < 1.29 is 27.7 Å². The van der Waals surface area contributed by atoms with Gasteiger partial charge in [0.05, 0.1) is 11.0 Å². The molecule has 0 atom stereocenters. The minimum absolute atomic E-state index is 0.0525. The molecule has 0 radical (unpaired) electrons. The van der Waals surface area contributed by atoms with Crippen molar-refractivity contribution in [3.63, 3.8) is 0 Å². The summed E-state index contributed by atoms with van der Waals surface area (Å²) in [7, 11) is -4.61. The Kier molecular flexibility index (Phi) is 5.47. The summed E-state index contributed by atoms with van der Waals surface area (Å²) in [5, 5.41) is 11.1. The van der Waals surface area contributed by atoms with Crippen molar-refractivity contribution in [3.8, 4) is 0 Å². The standard InChI is InChI=1S/C15H13ClN2O7S/c1-9(2)25-15(20)13-5-10(8-19)7-17(13)26(23,24)14-6-11(16)3-4-12(14)18(21)22/h3-9H,1-2H3. The molecule has 138 valence electrons. The fraction of sp³-hybridized carbons (Fsp3) is 0.200. The fourth-order valence-electron chi connectivity index (χ4n) is 2.10. The van der Waals surface area contributed by atoms with Crippen LogP contribution in [0.25, 0.3) is 0 Å². The van der Waals surface area contributed by atoms with Crippen LogP contribution in [-0.4, -0.2) is 35.7 Å². The van der Waals surface area contributed by atoms with E-state index < -0.39 is 43.3 Å². The number of ether oxygens (including phenoxy) is 1. The molecular weight excluding hydrogens is 388 g/mol. The monoisotopic (exact) mass is 400 g/mol. The van der Waals surface area contributed by atoms with Gasteiger partial charge in [0.1, 0.15) is 5.69 Å². The Morgan fingerprint density at radius 2 is 2.00 bits per heavy atom. The number of carbonyl (C=O) groups excluding carboxylic acids is 2. The highest BCUT2D eigenvalue weighted by atomic mass is 35.5.